The topological polar surface area (TPSA) is 137 Å². The van der Waals surface area contributed by atoms with Gasteiger partial charge in [0.2, 0.25) is 11.8 Å². The van der Waals surface area contributed by atoms with Crippen molar-refractivity contribution in [3.63, 3.8) is 0 Å². The normalized spacial score (nSPS) is 27.6. The van der Waals surface area contributed by atoms with Crippen LogP contribution in [-0.4, -0.2) is 104 Å². The number of nitrogens with zero attached hydrogens (tertiary/aromatic N) is 4. The Balaban J connectivity index is 1.96. The van der Waals surface area contributed by atoms with Crippen molar-refractivity contribution >= 4 is 58.3 Å². The number of ether oxygens (including phenoxy) is 1. The first-order chi connectivity index (χ1) is 17.6. The lowest BCUT2D eigenvalue weighted by atomic mass is 10.0. The highest BCUT2D eigenvalue weighted by Gasteiger charge is 2.52. The van der Waals surface area contributed by atoms with Crippen LogP contribution in [0.4, 0.5) is 22.4 Å². The number of aliphatic carboxylic acids is 1. The largest absolute Gasteiger partial charge is 0.481 e. The van der Waals surface area contributed by atoms with Crippen molar-refractivity contribution in [2.75, 3.05) is 20.2 Å². The Bertz CT molecular complexity index is 1150. The zero-order valence-corrected chi connectivity index (χ0v) is 21.3. The van der Waals surface area contributed by atoms with Gasteiger partial charge in [-0.25, -0.2) is 14.1 Å². The lowest BCUT2D eigenvalue weighted by Crippen LogP contribution is -2.59. The third kappa shape index (κ3) is 6.11. The Morgan fingerprint density at radius 3 is 2.50 bits per heavy atom. The molecule has 2 saturated heterocycles. The number of carboxylic acids is 1. The van der Waals surface area contributed by atoms with Crippen molar-refractivity contribution in [3.05, 3.63) is 23.7 Å². The van der Waals surface area contributed by atoms with Crippen LogP contribution in [-0.2, 0) is 23.9 Å². The molecule has 0 radical (unpaired) electrons. The molecular formula is C21H21ClF4N4O7S. The van der Waals surface area contributed by atoms with Gasteiger partial charge in [0.25, 0.3) is 0 Å². The van der Waals surface area contributed by atoms with E-state index < -0.39 is 89.6 Å². The van der Waals surface area contributed by atoms with Crippen molar-refractivity contribution in [1.82, 2.24) is 14.7 Å². The van der Waals surface area contributed by atoms with Gasteiger partial charge in [0.05, 0.1) is 36.6 Å². The van der Waals surface area contributed by atoms with Gasteiger partial charge in [-0.1, -0.05) is 11.8 Å². The Hall–Kier alpha value is -3.14. The minimum absolute atomic E-state index is 0.00310. The summed E-state index contributed by atoms with van der Waals surface area (Å²) < 4.78 is 59.4. The van der Waals surface area contributed by atoms with Crippen LogP contribution in [0.2, 0.25) is 0 Å². The number of amides is 4. The van der Waals surface area contributed by atoms with E-state index in [-0.39, 0.29) is 21.6 Å². The fourth-order valence-electron chi connectivity index (χ4n) is 3.82. The van der Waals surface area contributed by atoms with E-state index in [4.69, 9.17) is 21.4 Å². The summed E-state index contributed by atoms with van der Waals surface area (Å²) >= 11 is 6.90. The molecule has 38 heavy (non-hydrogen) atoms. The number of hydrogen-bond donors (Lipinski definition) is 1. The number of allylic oxidation sites excluding steroid dienone is 1. The minimum atomic E-state index is -4.89. The molecule has 1 aliphatic carbocycles. The maximum Gasteiger partial charge on any atom is 0.409 e. The summed E-state index contributed by atoms with van der Waals surface area (Å²) in [5.74, 6) is -5.33. The molecule has 3 aliphatic rings. The lowest BCUT2D eigenvalue weighted by molar-refractivity contribution is -0.184. The number of carboxylic acid groups (broad SMARTS) is 1. The number of amidine groups is 1. The summed E-state index contributed by atoms with van der Waals surface area (Å²) in [7, 11) is 0.823. The second-order valence-electron chi connectivity index (χ2n) is 8.23. The molecule has 2 heterocycles. The van der Waals surface area contributed by atoms with Crippen molar-refractivity contribution < 1.29 is 51.4 Å². The number of imide groups is 1. The highest BCUT2D eigenvalue weighted by Crippen LogP contribution is 2.37. The Morgan fingerprint density at radius 1 is 1.26 bits per heavy atom. The molecule has 0 saturated carbocycles. The standard InChI is InChI=1S/C21H21ClF4N4O7S/c1-3-37-17(34)8-29-18(35)13(6-16(32)33)38-19(29)27-11-5-12(10(23)4-9(11)22)30-15(31)7-14(21(24,25)26)28(2)20(30)36/h4-5,9,11,13-14H,3,6-8H2,1-2H3,(H,32,33). The maximum absolute atomic E-state index is 14.9. The monoisotopic (exact) mass is 584 g/mol. The molecule has 1 N–H and O–H groups in total. The number of halogens is 5. The molecule has 17 heteroatoms. The summed E-state index contributed by atoms with van der Waals surface area (Å²) in [6.07, 6.45) is -4.91. The van der Waals surface area contributed by atoms with Crippen LogP contribution in [0, 0.1) is 0 Å². The molecular weight excluding hydrogens is 564 g/mol. The van der Waals surface area contributed by atoms with Gasteiger partial charge < -0.3 is 14.7 Å². The molecule has 4 amide bonds. The van der Waals surface area contributed by atoms with Crippen molar-refractivity contribution in [2.24, 2.45) is 4.99 Å². The maximum atomic E-state index is 14.9. The summed E-state index contributed by atoms with van der Waals surface area (Å²) in [6, 6.07) is -5.08. The zero-order valence-electron chi connectivity index (χ0n) is 19.8. The van der Waals surface area contributed by atoms with Gasteiger partial charge in [0.1, 0.15) is 23.7 Å². The Labute approximate surface area is 222 Å². The van der Waals surface area contributed by atoms with Gasteiger partial charge in [-0.05, 0) is 19.1 Å². The van der Waals surface area contributed by atoms with E-state index in [0.29, 0.717) is 11.8 Å². The van der Waals surface area contributed by atoms with E-state index in [1.807, 2.05) is 0 Å². The quantitative estimate of drug-likeness (QED) is 0.273. The minimum Gasteiger partial charge on any atom is -0.481 e. The summed E-state index contributed by atoms with van der Waals surface area (Å²) in [5.41, 5.74) is -0.688. The number of esters is 1. The molecule has 0 aromatic heterocycles. The molecule has 11 nitrogen and oxygen atoms in total. The van der Waals surface area contributed by atoms with Crippen molar-refractivity contribution in [1.29, 1.82) is 0 Å². The molecule has 4 unspecified atom stereocenters. The number of carbonyl (C=O) groups excluding carboxylic acids is 4. The smallest absolute Gasteiger partial charge is 0.409 e. The summed E-state index contributed by atoms with van der Waals surface area (Å²) in [5, 5.41) is 6.57. The van der Waals surface area contributed by atoms with E-state index in [9.17, 15) is 41.5 Å². The second-order valence-corrected chi connectivity index (χ2v) is 9.90. The van der Waals surface area contributed by atoms with Crippen LogP contribution < -0.4 is 0 Å². The predicted octanol–water partition coefficient (Wildman–Crippen LogP) is 2.27. The summed E-state index contributed by atoms with van der Waals surface area (Å²) in [6.45, 7) is 0.927. The van der Waals surface area contributed by atoms with Crippen LogP contribution in [0.15, 0.2) is 28.7 Å². The first-order valence-corrected chi connectivity index (χ1v) is 12.3. The number of alkyl halides is 4. The Morgan fingerprint density at radius 2 is 1.92 bits per heavy atom. The molecule has 0 spiro atoms. The third-order valence-electron chi connectivity index (χ3n) is 5.63. The van der Waals surface area contributed by atoms with E-state index in [1.54, 1.807) is 0 Å². The second kappa shape index (κ2) is 11.3. The number of rotatable bonds is 7. The highest BCUT2D eigenvalue weighted by atomic mass is 35.5. The Kier molecular flexibility index (Phi) is 8.75. The van der Waals surface area contributed by atoms with Crippen molar-refractivity contribution in [2.45, 2.75) is 48.7 Å². The van der Waals surface area contributed by atoms with E-state index in [2.05, 4.69) is 4.99 Å². The van der Waals surface area contributed by atoms with Crippen LogP contribution in [0.25, 0.3) is 0 Å². The van der Waals surface area contributed by atoms with Crippen LogP contribution in [0.1, 0.15) is 19.8 Å². The zero-order chi connectivity index (χ0) is 28.5. The average molecular weight is 585 g/mol. The first-order valence-electron chi connectivity index (χ1n) is 11.0. The fraction of sp³-hybridized carbons (Fsp3) is 0.524. The molecule has 0 aromatic rings. The van der Waals surface area contributed by atoms with Gasteiger partial charge in [-0.2, -0.15) is 13.2 Å². The fourth-order valence-corrected chi connectivity index (χ4v) is 5.23. The number of carbonyl (C=O) groups is 5. The van der Waals surface area contributed by atoms with E-state index in [1.165, 1.54) is 6.92 Å². The first kappa shape index (κ1) is 29.4. The SMILES string of the molecule is CCOC(=O)CN1C(=O)C(CC(=O)O)SC1=NC1C=C(N2C(=O)CC(C(F)(F)F)N(C)C2=O)C(F)=CC1Cl. The number of hydrogen-bond acceptors (Lipinski definition) is 8. The van der Waals surface area contributed by atoms with Crippen LogP contribution in [0.5, 0.6) is 0 Å². The molecule has 3 rings (SSSR count). The molecule has 208 valence electrons. The predicted molar refractivity (Wildman–Crippen MR) is 125 cm³/mol. The van der Waals surface area contributed by atoms with Gasteiger partial charge in [-0.15, -0.1) is 11.6 Å². The highest BCUT2D eigenvalue weighted by molar-refractivity contribution is 8.15. The van der Waals surface area contributed by atoms with E-state index in [0.717, 1.165) is 24.1 Å². The van der Waals surface area contributed by atoms with Gasteiger partial charge >= 0.3 is 24.1 Å². The number of aliphatic imine (C=N–C) groups is 1. The molecule has 2 fully saturated rings. The molecule has 0 aromatic carbocycles. The molecule has 0 bridgehead atoms. The number of thioether (sulfide) groups is 1. The van der Waals surface area contributed by atoms with Gasteiger partial charge in [-0.3, -0.25) is 29.1 Å². The van der Waals surface area contributed by atoms with Crippen LogP contribution >= 0.6 is 23.4 Å². The van der Waals surface area contributed by atoms with Crippen molar-refractivity contribution in [3.8, 4) is 0 Å². The van der Waals surface area contributed by atoms with Crippen LogP contribution in [0.3, 0.4) is 0 Å². The summed E-state index contributed by atoms with van der Waals surface area (Å²) in [4.78, 5) is 66.8. The molecule has 4 atom stereocenters. The average Bonchev–Trinajstić information content (AvgIpc) is 3.06. The van der Waals surface area contributed by atoms with Gasteiger partial charge in [0, 0.05) is 7.05 Å². The number of urea groups is 1. The van der Waals surface area contributed by atoms with E-state index >= 15 is 0 Å². The third-order valence-corrected chi connectivity index (χ3v) is 7.21. The lowest BCUT2D eigenvalue weighted by Gasteiger charge is -2.39. The van der Waals surface area contributed by atoms with Gasteiger partial charge in [0.15, 0.2) is 5.17 Å². The molecule has 2 aliphatic heterocycles.